The number of aromatic amines is 2. The zero-order chi connectivity index (χ0) is 23.4. The predicted octanol–water partition coefficient (Wildman–Crippen LogP) is 4.55. The Balaban J connectivity index is 1.80. The number of H-pyrrole nitrogens is 2. The van der Waals surface area contributed by atoms with Crippen LogP contribution in [0.2, 0.25) is 0 Å². The van der Waals surface area contributed by atoms with Gasteiger partial charge in [0.15, 0.2) is 0 Å². The van der Waals surface area contributed by atoms with Gasteiger partial charge in [0, 0.05) is 56.6 Å². The van der Waals surface area contributed by atoms with Gasteiger partial charge in [0.25, 0.3) is 0 Å². The molecule has 7 heteroatoms. The minimum atomic E-state index is -1.32. The van der Waals surface area contributed by atoms with E-state index in [4.69, 9.17) is 0 Å². The number of aromatic nitrogens is 2. The van der Waals surface area contributed by atoms with Crippen molar-refractivity contribution >= 4 is 33.4 Å². The first-order valence-corrected chi connectivity index (χ1v) is 10.5. The molecule has 3 aromatic carbocycles. The van der Waals surface area contributed by atoms with Gasteiger partial charge in [0.1, 0.15) is 5.41 Å². The number of hydrogen-bond donors (Lipinski definition) is 3. The SMILES string of the molecule is N#Cc1ccc2c(c1)C(c1c[nH]c3ccc(C#N)cc13)(c1c[nH]c3ccc(C#N)cc13)C(=O)N2. The molecular formula is C27H14N6O. The van der Waals surface area contributed by atoms with Crippen molar-refractivity contribution in [2.75, 3.05) is 5.32 Å². The van der Waals surface area contributed by atoms with E-state index in [2.05, 4.69) is 33.5 Å². The Morgan fingerprint density at radius 2 is 1.15 bits per heavy atom. The molecule has 0 unspecified atom stereocenters. The van der Waals surface area contributed by atoms with Gasteiger partial charge in [0.05, 0.1) is 34.9 Å². The van der Waals surface area contributed by atoms with Crippen molar-refractivity contribution in [3.63, 3.8) is 0 Å². The number of hydrogen-bond acceptors (Lipinski definition) is 4. The van der Waals surface area contributed by atoms with Crippen LogP contribution in [0.25, 0.3) is 21.8 Å². The lowest BCUT2D eigenvalue weighted by molar-refractivity contribution is -0.118. The first kappa shape index (κ1) is 19.4. The number of carbonyl (C=O) groups is 1. The van der Waals surface area contributed by atoms with Crippen LogP contribution in [0.3, 0.4) is 0 Å². The fourth-order valence-corrected chi connectivity index (χ4v) is 5.05. The Morgan fingerprint density at radius 3 is 1.68 bits per heavy atom. The van der Waals surface area contributed by atoms with E-state index in [1.54, 1.807) is 54.9 Å². The molecule has 2 aromatic heterocycles. The molecule has 0 saturated carbocycles. The smallest absolute Gasteiger partial charge is 0.244 e. The maximum atomic E-state index is 14.0. The molecule has 3 heterocycles. The van der Waals surface area contributed by atoms with E-state index in [9.17, 15) is 20.6 Å². The van der Waals surface area contributed by atoms with E-state index in [0.29, 0.717) is 39.1 Å². The standard InChI is InChI=1S/C27H14N6O/c28-10-15-1-4-23-18(7-15)21(13-31-23)27(20-9-17(12-30)3-6-25(20)33-26(27)34)22-14-32-24-5-2-16(11-29)8-19(22)24/h1-9,13-14,31-32H,(H,33,34). The molecule has 34 heavy (non-hydrogen) atoms. The summed E-state index contributed by atoms with van der Waals surface area (Å²) in [6, 6.07) is 22.2. The van der Waals surface area contributed by atoms with Crippen LogP contribution in [0.1, 0.15) is 33.4 Å². The highest BCUT2D eigenvalue weighted by molar-refractivity contribution is 6.15. The van der Waals surface area contributed by atoms with Gasteiger partial charge in [-0.15, -0.1) is 0 Å². The summed E-state index contributed by atoms with van der Waals surface area (Å²) in [4.78, 5) is 20.5. The van der Waals surface area contributed by atoms with Crippen LogP contribution >= 0.6 is 0 Å². The zero-order valence-electron chi connectivity index (χ0n) is 17.6. The number of nitrogens with zero attached hydrogens (tertiary/aromatic N) is 3. The molecule has 7 nitrogen and oxygen atoms in total. The van der Waals surface area contributed by atoms with E-state index in [-0.39, 0.29) is 5.91 Å². The molecule has 0 saturated heterocycles. The molecule has 1 amide bonds. The Hall–Kier alpha value is -5.32. The summed E-state index contributed by atoms with van der Waals surface area (Å²) in [7, 11) is 0. The Morgan fingerprint density at radius 1 is 0.647 bits per heavy atom. The van der Waals surface area contributed by atoms with E-state index >= 15 is 0 Å². The first-order chi connectivity index (χ1) is 16.6. The Labute approximate surface area is 193 Å². The van der Waals surface area contributed by atoms with Crippen molar-refractivity contribution in [2.45, 2.75) is 5.41 Å². The number of amides is 1. The van der Waals surface area contributed by atoms with Crippen molar-refractivity contribution in [3.8, 4) is 18.2 Å². The topological polar surface area (TPSA) is 132 Å². The Kier molecular flexibility index (Phi) is 3.90. The van der Waals surface area contributed by atoms with Crippen molar-refractivity contribution in [3.05, 3.63) is 100 Å². The van der Waals surface area contributed by atoms with Crippen molar-refractivity contribution in [1.29, 1.82) is 15.8 Å². The lowest BCUT2D eigenvalue weighted by Gasteiger charge is -2.28. The van der Waals surface area contributed by atoms with Gasteiger partial charge < -0.3 is 15.3 Å². The summed E-state index contributed by atoms with van der Waals surface area (Å²) >= 11 is 0. The Bertz CT molecular complexity index is 1710. The van der Waals surface area contributed by atoms with E-state index in [1.165, 1.54) is 0 Å². The summed E-state index contributed by atoms with van der Waals surface area (Å²) in [5, 5.41) is 33.1. The average molecular weight is 438 g/mol. The largest absolute Gasteiger partial charge is 0.361 e. The van der Waals surface area contributed by atoms with Crippen LogP contribution in [0.4, 0.5) is 5.69 Å². The molecule has 0 bridgehead atoms. The highest BCUT2D eigenvalue weighted by Crippen LogP contribution is 2.51. The zero-order valence-corrected chi connectivity index (χ0v) is 17.6. The lowest BCUT2D eigenvalue weighted by Crippen LogP contribution is -2.36. The number of carbonyl (C=O) groups excluding carboxylic acids is 1. The van der Waals surface area contributed by atoms with Crippen LogP contribution in [0.5, 0.6) is 0 Å². The number of rotatable bonds is 2. The third kappa shape index (κ3) is 2.40. The molecule has 1 aliphatic rings. The van der Waals surface area contributed by atoms with Crippen LogP contribution in [-0.2, 0) is 10.2 Å². The number of nitrogens with one attached hydrogen (secondary N) is 3. The number of fused-ring (bicyclic) bond motifs is 3. The highest BCUT2D eigenvalue weighted by atomic mass is 16.2. The third-order valence-electron chi connectivity index (χ3n) is 6.57. The lowest BCUT2D eigenvalue weighted by atomic mass is 9.69. The summed E-state index contributed by atoms with van der Waals surface area (Å²) in [5.74, 6) is -0.274. The maximum absolute atomic E-state index is 14.0. The molecule has 0 fully saturated rings. The molecule has 0 spiro atoms. The van der Waals surface area contributed by atoms with Gasteiger partial charge in [-0.2, -0.15) is 15.8 Å². The quantitative estimate of drug-likeness (QED) is 0.373. The first-order valence-electron chi connectivity index (χ1n) is 10.5. The highest BCUT2D eigenvalue weighted by Gasteiger charge is 2.52. The van der Waals surface area contributed by atoms with Gasteiger partial charge in [-0.3, -0.25) is 4.79 Å². The maximum Gasteiger partial charge on any atom is 0.244 e. The average Bonchev–Trinajstić information content (AvgIpc) is 3.56. The van der Waals surface area contributed by atoms with Crippen molar-refractivity contribution in [2.24, 2.45) is 0 Å². The van der Waals surface area contributed by atoms with Crippen LogP contribution < -0.4 is 5.32 Å². The van der Waals surface area contributed by atoms with Gasteiger partial charge in [-0.05, 0) is 54.6 Å². The normalized spacial score (nSPS) is 13.7. The molecular weight excluding hydrogens is 424 g/mol. The number of benzene rings is 3. The fraction of sp³-hybridized carbons (Fsp3) is 0.0370. The monoisotopic (exact) mass is 438 g/mol. The number of anilines is 1. The van der Waals surface area contributed by atoms with Crippen LogP contribution in [0, 0.1) is 34.0 Å². The second kappa shape index (κ2) is 6.84. The number of nitriles is 3. The fourth-order valence-electron chi connectivity index (χ4n) is 5.05. The molecule has 5 aromatic rings. The third-order valence-corrected chi connectivity index (χ3v) is 6.57. The van der Waals surface area contributed by atoms with Crippen molar-refractivity contribution < 1.29 is 4.79 Å². The second-order valence-electron chi connectivity index (χ2n) is 8.23. The van der Waals surface area contributed by atoms with E-state index < -0.39 is 5.41 Å². The van der Waals surface area contributed by atoms with Crippen molar-refractivity contribution in [1.82, 2.24) is 9.97 Å². The minimum Gasteiger partial charge on any atom is -0.361 e. The molecule has 0 radical (unpaired) electrons. The second-order valence-corrected chi connectivity index (χ2v) is 8.23. The molecule has 158 valence electrons. The summed E-state index contributed by atoms with van der Waals surface area (Å²) in [6.45, 7) is 0. The minimum absolute atomic E-state index is 0.274. The summed E-state index contributed by atoms with van der Waals surface area (Å²) in [6.07, 6.45) is 3.57. The predicted molar refractivity (Wildman–Crippen MR) is 126 cm³/mol. The summed E-state index contributed by atoms with van der Waals surface area (Å²) < 4.78 is 0. The van der Waals surface area contributed by atoms with E-state index in [0.717, 1.165) is 21.8 Å². The van der Waals surface area contributed by atoms with Gasteiger partial charge >= 0.3 is 0 Å². The van der Waals surface area contributed by atoms with Gasteiger partial charge in [-0.25, -0.2) is 0 Å². The van der Waals surface area contributed by atoms with Gasteiger partial charge in [0.2, 0.25) is 5.91 Å². The molecule has 0 aliphatic carbocycles. The molecule has 0 atom stereocenters. The van der Waals surface area contributed by atoms with Crippen LogP contribution in [-0.4, -0.2) is 15.9 Å². The van der Waals surface area contributed by atoms with Crippen LogP contribution in [0.15, 0.2) is 67.0 Å². The van der Waals surface area contributed by atoms with E-state index in [1.807, 2.05) is 12.1 Å². The molecule has 6 rings (SSSR count). The summed E-state index contributed by atoms with van der Waals surface area (Å²) in [5.41, 5.74) is 4.19. The molecule has 1 aliphatic heterocycles. The molecule has 3 N–H and O–H groups in total. The van der Waals surface area contributed by atoms with Gasteiger partial charge in [-0.1, -0.05) is 0 Å².